The Balaban J connectivity index is 2.21. The van der Waals surface area contributed by atoms with Gasteiger partial charge in [-0.3, -0.25) is 0 Å². The molecule has 0 amide bonds. The molecular weight excluding hydrogens is 144 g/mol. The minimum Gasteiger partial charge on any atom is -0.0654 e. The van der Waals surface area contributed by atoms with E-state index in [1.165, 1.54) is 32.1 Å². The Morgan fingerprint density at radius 3 is 2.25 bits per heavy atom. The summed E-state index contributed by atoms with van der Waals surface area (Å²) < 4.78 is 0. The standard InChI is InChI=1S/C12H24/c1-5-6-10(2)9-11(3)12(4)7-8-12/h10-11H,5-9H2,1-4H3. The van der Waals surface area contributed by atoms with Crippen molar-refractivity contribution in [3.63, 3.8) is 0 Å². The molecule has 0 nitrogen and oxygen atoms in total. The molecule has 0 radical (unpaired) electrons. The van der Waals surface area contributed by atoms with Gasteiger partial charge in [0.1, 0.15) is 0 Å². The molecular formula is C12H24. The van der Waals surface area contributed by atoms with Crippen molar-refractivity contribution in [3.05, 3.63) is 0 Å². The Hall–Kier alpha value is 0. The Bertz CT molecular complexity index is 133. The maximum absolute atomic E-state index is 2.45. The summed E-state index contributed by atoms with van der Waals surface area (Å²) in [6.45, 7) is 9.60. The van der Waals surface area contributed by atoms with E-state index in [-0.39, 0.29) is 0 Å². The minimum absolute atomic E-state index is 0.738. The van der Waals surface area contributed by atoms with Crippen LogP contribution < -0.4 is 0 Å². The molecule has 1 saturated carbocycles. The van der Waals surface area contributed by atoms with Crippen LogP contribution in [-0.4, -0.2) is 0 Å². The molecule has 0 aromatic heterocycles. The fourth-order valence-electron chi connectivity index (χ4n) is 2.19. The molecule has 12 heavy (non-hydrogen) atoms. The van der Waals surface area contributed by atoms with Crippen molar-refractivity contribution in [2.75, 3.05) is 0 Å². The lowest BCUT2D eigenvalue weighted by molar-refractivity contribution is 0.286. The van der Waals surface area contributed by atoms with E-state index in [0.717, 1.165) is 17.3 Å². The molecule has 0 bridgehead atoms. The predicted octanol–water partition coefficient (Wildman–Crippen LogP) is 4.25. The van der Waals surface area contributed by atoms with E-state index in [1.807, 2.05) is 0 Å². The minimum atomic E-state index is 0.738. The molecule has 1 aliphatic carbocycles. The highest BCUT2D eigenvalue weighted by Crippen LogP contribution is 2.53. The summed E-state index contributed by atoms with van der Waals surface area (Å²) in [5.41, 5.74) is 0.738. The zero-order valence-corrected chi connectivity index (χ0v) is 9.19. The van der Waals surface area contributed by atoms with E-state index in [1.54, 1.807) is 0 Å². The third-order valence-corrected chi connectivity index (χ3v) is 3.77. The highest BCUT2D eigenvalue weighted by Gasteiger charge is 2.42. The van der Waals surface area contributed by atoms with Crippen LogP contribution in [0.4, 0.5) is 0 Å². The van der Waals surface area contributed by atoms with Gasteiger partial charge in [-0.25, -0.2) is 0 Å². The van der Waals surface area contributed by atoms with Crippen LogP contribution in [0.3, 0.4) is 0 Å². The summed E-state index contributed by atoms with van der Waals surface area (Å²) >= 11 is 0. The van der Waals surface area contributed by atoms with E-state index in [4.69, 9.17) is 0 Å². The quantitative estimate of drug-likeness (QED) is 0.575. The van der Waals surface area contributed by atoms with Gasteiger partial charge in [0.25, 0.3) is 0 Å². The first-order valence-corrected chi connectivity index (χ1v) is 5.58. The summed E-state index contributed by atoms with van der Waals surface area (Å²) in [6.07, 6.45) is 7.18. The van der Waals surface area contributed by atoms with Crippen molar-refractivity contribution < 1.29 is 0 Å². The van der Waals surface area contributed by atoms with Crippen molar-refractivity contribution in [3.8, 4) is 0 Å². The highest BCUT2D eigenvalue weighted by molar-refractivity contribution is 4.92. The van der Waals surface area contributed by atoms with E-state index >= 15 is 0 Å². The highest BCUT2D eigenvalue weighted by atomic mass is 14.5. The van der Waals surface area contributed by atoms with Crippen LogP contribution >= 0.6 is 0 Å². The van der Waals surface area contributed by atoms with Gasteiger partial charge in [0.05, 0.1) is 0 Å². The second kappa shape index (κ2) is 3.81. The van der Waals surface area contributed by atoms with Gasteiger partial charge >= 0.3 is 0 Å². The molecule has 0 spiro atoms. The van der Waals surface area contributed by atoms with Crippen LogP contribution in [0.5, 0.6) is 0 Å². The summed E-state index contributed by atoms with van der Waals surface area (Å²) in [5.74, 6) is 1.90. The van der Waals surface area contributed by atoms with Crippen molar-refractivity contribution in [2.24, 2.45) is 17.3 Å². The van der Waals surface area contributed by atoms with Crippen LogP contribution in [0, 0.1) is 17.3 Å². The third-order valence-electron chi connectivity index (χ3n) is 3.77. The summed E-state index contributed by atoms with van der Waals surface area (Å²) in [7, 11) is 0. The molecule has 1 aliphatic rings. The van der Waals surface area contributed by atoms with E-state index in [2.05, 4.69) is 27.7 Å². The predicted molar refractivity (Wildman–Crippen MR) is 55.2 cm³/mol. The third kappa shape index (κ3) is 2.50. The average molecular weight is 168 g/mol. The van der Waals surface area contributed by atoms with Crippen LogP contribution in [0.1, 0.15) is 59.8 Å². The van der Waals surface area contributed by atoms with Crippen LogP contribution in [0.25, 0.3) is 0 Å². The SMILES string of the molecule is CCCC(C)CC(C)C1(C)CC1. The smallest absolute Gasteiger partial charge is 0.0300 e. The van der Waals surface area contributed by atoms with Crippen LogP contribution in [0.15, 0.2) is 0 Å². The second-order valence-electron chi connectivity index (χ2n) is 5.18. The van der Waals surface area contributed by atoms with Gasteiger partial charge in [0.2, 0.25) is 0 Å². The van der Waals surface area contributed by atoms with Gasteiger partial charge in [-0.1, -0.05) is 40.5 Å². The maximum Gasteiger partial charge on any atom is -0.0300 e. The van der Waals surface area contributed by atoms with Gasteiger partial charge in [-0.15, -0.1) is 0 Å². The molecule has 0 aromatic rings. The van der Waals surface area contributed by atoms with Crippen molar-refractivity contribution in [1.29, 1.82) is 0 Å². The molecule has 1 rings (SSSR count). The molecule has 0 heterocycles. The molecule has 2 unspecified atom stereocenters. The first-order valence-electron chi connectivity index (χ1n) is 5.58. The molecule has 0 aromatic carbocycles. The molecule has 1 fully saturated rings. The fourth-order valence-corrected chi connectivity index (χ4v) is 2.19. The van der Waals surface area contributed by atoms with Gasteiger partial charge in [-0.05, 0) is 36.5 Å². The van der Waals surface area contributed by atoms with Crippen LogP contribution in [-0.2, 0) is 0 Å². The van der Waals surface area contributed by atoms with Crippen molar-refractivity contribution in [1.82, 2.24) is 0 Å². The molecule has 0 saturated heterocycles. The zero-order valence-electron chi connectivity index (χ0n) is 9.19. The maximum atomic E-state index is 2.45. The number of hydrogen-bond donors (Lipinski definition) is 0. The van der Waals surface area contributed by atoms with E-state index < -0.39 is 0 Å². The second-order valence-corrected chi connectivity index (χ2v) is 5.18. The van der Waals surface area contributed by atoms with Crippen LogP contribution in [0.2, 0.25) is 0 Å². The Labute approximate surface area is 77.7 Å². The largest absolute Gasteiger partial charge is 0.0654 e. The molecule has 0 N–H and O–H groups in total. The summed E-state index contributed by atoms with van der Waals surface area (Å²) in [5, 5.41) is 0. The average Bonchev–Trinajstić information content (AvgIpc) is 2.69. The Kier molecular flexibility index (Phi) is 3.20. The lowest BCUT2D eigenvalue weighted by Gasteiger charge is -2.22. The normalized spacial score (nSPS) is 25.0. The number of rotatable bonds is 5. The van der Waals surface area contributed by atoms with Gasteiger partial charge in [0, 0.05) is 0 Å². The first kappa shape index (κ1) is 10.1. The summed E-state index contributed by atoms with van der Waals surface area (Å²) in [4.78, 5) is 0. The van der Waals surface area contributed by atoms with Gasteiger partial charge < -0.3 is 0 Å². The zero-order chi connectivity index (χ0) is 9.19. The van der Waals surface area contributed by atoms with Crippen molar-refractivity contribution in [2.45, 2.75) is 59.8 Å². The Morgan fingerprint density at radius 2 is 1.83 bits per heavy atom. The molecule has 0 heteroatoms. The molecule has 0 aliphatic heterocycles. The first-order chi connectivity index (χ1) is 5.58. The molecule has 2 atom stereocenters. The van der Waals surface area contributed by atoms with E-state index in [9.17, 15) is 0 Å². The number of hydrogen-bond acceptors (Lipinski definition) is 0. The van der Waals surface area contributed by atoms with Gasteiger partial charge in [-0.2, -0.15) is 0 Å². The van der Waals surface area contributed by atoms with E-state index in [0.29, 0.717) is 0 Å². The monoisotopic (exact) mass is 168 g/mol. The lowest BCUT2D eigenvalue weighted by atomic mass is 9.84. The lowest BCUT2D eigenvalue weighted by Crippen LogP contribution is -2.12. The van der Waals surface area contributed by atoms with Gasteiger partial charge in [0.15, 0.2) is 0 Å². The molecule has 72 valence electrons. The van der Waals surface area contributed by atoms with Crippen molar-refractivity contribution >= 4 is 0 Å². The summed E-state index contributed by atoms with van der Waals surface area (Å²) in [6, 6.07) is 0. The topological polar surface area (TPSA) is 0 Å². The Morgan fingerprint density at radius 1 is 1.25 bits per heavy atom. The fraction of sp³-hybridized carbons (Fsp3) is 1.00.